The zero-order valence-corrected chi connectivity index (χ0v) is 17.3. The smallest absolute Gasteiger partial charge is 0.356 e. The van der Waals surface area contributed by atoms with Crippen LogP contribution in [0, 0.1) is 0 Å². The Hall–Kier alpha value is -1.66. The van der Waals surface area contributed by atoms with E-state index in [4.69, 9.17) is 14.0 Å². The van der Waals surface area contributed by atoms with Gasteiger partial charge >= 0.3 is 5.97 Å². The van der Waals surface area contributed by atoms with Crippen molar-refractivity contribution in [2.24, 2.45) is 5.16 Å². The summed E-state index contributed by atoms with van der Waals surface area (Å²) < 4.78 is 11.5. The molecule has 0 amide bonds. The van der Waals surface area contributed by atoms with Gasteiger partial charge in [-0.05, 0) is 30.6 Å². The molecule has 2 rings (SSSR count). The number of hydrogen-bond donors (Lipinski definition) is 0. The van der Waals surface area contributed by atoms with Crippen LogP contribution in [0.15, 0.2) is 35.5 Å². The zero-order chi connectivity index (χ0) is 18.9. The zero-order valence-electron chi connectivity index (χ0n) is 16.3. The molecule has 1 aromatic rings. The molecule has 138 valence electrons. The van der Waals surface area contributed by atoms with Crippen molar-refractivity contribution in [3.8, 4) is 0 Å². The van der Waals surface area contributed by atoms with E-state index >= 15 is 0 Å². The largest absolute Gasteiger partial charge is 0.466 e. The summed E-state index contributed by atoms with van der Waals surface area (Å²) in [5.74, 6) is -0.451. The van der Waals surface area contributed by atoms with Crippen molar-refractivity contribution in [3.05, 3.63) is 35.9 Å². The van der Waals surface area contributed by atoms with Crippen molar-refractivity contribution in [1.82, 2.24) is 0 Å². The molecule has 1 aliphatic rings. The number of rotatable bonds is 5. The van der Waals surface area contributed by atoms with Crippen LogP contribution in [-0.2, 0) is 18.8 Å². The highest BCUT2D eigenvalue weighted by Gasteiger charge is 2.55. The van der Waals surface area contributed by atoms with Gasteiger partial charge in [0.25, 0.3) is 5.60 Å². The van der Waals surface area contributed by atoms with Crippen LogP contribution in [0.25, 0.3) is 0 Å². The fourth-order valence-corrected chi connectivity index (χ4v) is 4.04. The third-order valence-corrected chi connectivity index (χ3v) is 9.88. The molecular weight excluding hydrogens is 334 g/mol. The van der Waals surface area contributed by atoms with E-state index in [9.17, 15) is 4.79 Å². The number of carbonyl (C=O) groups excluding carboxylic acids is 1. The Labute approximate surface area is 151 Å². The third-order valence-electron chi connectivity index (χ3n) is 5.32. The number of benzene rings is 1. The van der Waals surface area contributed by atoms with Crippen molar-refractivity contribution in [2.75, 3.05) is 7.11 Å². The Bertz CT molecular complexity index is 651. The molecule has 0 radical (unpaired) electrons. The maximum absolute atomic E-state index is 12.6. The summed E-state index contributed by atoms with van der Waals surface area (Å²) in [6.45, 7) is 12.7. The monoisotopic (exact) mass is 363 g/mol. The van der Waals surface area contributed by atoms with E-state index in [-0.39, 0.29) is 5.04 Å². The lowest BCUT2D eigenvalue weighted by Gasteiger charge is -2.41. The minimum absolute atomic E-state index is 0.0281. The van der Waals surface area contributed by atoms with Gasteiger partial charge in [0.1, 0.15) is 0 Å². The Balaban J connectivity index is 2.28. The van der Waals surface area contributed by atoms with Gasteiger partial charge in [0.15, 0.2) is 8.32 Å². The van der Waals surface area contributed by atoms with Crippen LogP contribution in [-0.4, -0.2) is 38.8 Å². The van der Waals surface area contributed by atoms with Crippen LogP contribution in [0.2, 0.25) is 18.1 Å². The quantitative estimate of drug-likeness (QED) is 0.583. The molecule has 0 bridgehead atoms. The molecule has 25 heavy (non-hydrogen) atoms. The first-order chi connectivity index (χ1) is 11.5. The number of nitrogens with zero attached hydrogens (tertiary/aromatic N) is 1. The first-order valence-corrected chi connectivity index (χ1v) is 11.5. The van der Waals surface area contributed by atoms with E-state index in [2.05, 4.69) is 39.0 Å². The van der Waals surface area contributed by atoms with Gasteiger partial charge in [0, 0.05) is 0 Å². The minimum Gasteiger partial charge on any atom is -0.466 e. The van der Waals surface area contributed by atoms with Crippen molar-refractivity contribution >= 4 is 20.0 Å². The van der Waals surface area contributed by atoms with E-state index in [0.29, 0.717) is 6.42 Å². The summed E-state index contributed by atoms with van der Waals surface area (Å²) in [5.41, 5.74) is 0.430. The standard InChI is InChI=1S/C19H29NO4Si/c1-14(23-25(6,7)18(2,3)4)19(17(21)22-5)13-16(20-24-19)15-11-9-8-10-12-15/h8-12,14H,13H2,1-7H3/t14-,19+/m1/s1. The predicted molar refractivity (Wildman–Crippen MR) is 101 cm³/mol. The van der Waals surface area contributed by atoms with Crippen molar-refractivity contribution in [2.45, 2.75) is 64.0 Å². The number of ether oxygens (including phenoxy) is 1. The second-order valence-corrected chi connectivity index (χ2v) is 12.8. The third kappa shape index (κ3) is 3.80. The Morgan fingerprint density at radius 1 is 1.28 bits per heavy atom. The van der Waals surface area contributed by atoms with E-state index in [1.165, 1.54) is 7.11 Å². The summed E-state index contributed by atoms with van der Waals surface area (Å²) in [6, 6.07) is 9.72. The molecule has 0 fully saturated rings. The van der Waals surface area contributed by atoms with Gasteiger partial charge in [-0.15, -0.1) is 0 Å². The molecule has 5 nitrogen and oxygen atoms in total. The molecule has 1 aliphatic heterocycles. The molecule has 0 saturated heterocycles. The average Bonchev–Trinajstić information content (AvgIpc) is 3.00. The number of hydrogen-bond acceptors (Lipinski definition) is 5. The molecule has 1 aromatic carbocycles. The Kier molecular flexibility index (Phi) is 5.44. The van der Waals surface area contributed by atoms with E-state index in [0.717, 1.165) is 11.3 Å². The summed E-state index contributed by atoms with van der Waals surface area (Å²) >= 11 is 0. The first kappa shape index (κ1) is 19.7. The van der Waals surface area contributed by atoms with Gasteiger partial charge in [0.05, 0.1) is 25.3 Å². The molecule has 0 spiro atoms. The van der Waals surface area contributed by atoms with Crippen LogP contribution in [0.4, 0.5) is 0 Å². The van der Waals surface area contributed by atoms with Crippen molar-refractivity contribution in [3.63, 3.8) is 0 Å². The number of esters is 1. The Morgan fingerprint density at radius 3 is 2.40 bits per heavy atom. The summed E-state index contributed by atoms with van der Waals surface area (Å²) in [6.07, 6.45) is -0.134. The van der Waals surface area contributed by atoms with Crippen LogP contribution >= 0.6 is 0 Å². The molecule has 0 unspecified atom stereocenters. The molecule has 0 aliphatic carbocycles. The lowest BCUT2D eigenvalue weighted by Crippen LogP contribution is -2.55. The van der Waals surface area contributed by atoms with Crippen molar-refractivity contribution in [1.29, 1.82) is 0 Å². The lowest BCUT2D eigenvalue weighted by atomic mass is 9.90. The fraction of sp³-hybridized carbons (Fsp3) is 0.579. The normalized spacial score (nSPS) is 22.1. The second-order valence-electron chi connectivity index (χ2n) is 8.07. The topological polar surface area (TPSA) is 57.1 Å². The highest BCUT2D eigenvalue weighted by Crippen LogP contribution is 2.41. The summed E-state index contributed by atoms with van der Waals surface area (Å²) in [4.78, 5) is 18.3. The van der Waals surface area contributed by atoms with E-state index in [1.807, 2.05) is 37.3 Å². The molecular formula is C19H29NO4Si. The first-order valence-electron chi connectivity index (χ1n) is 8.60. The molecule has 1 heterocycles. The van der Waals surface area contributed by atoms with Crippen molar-refractivity contribution < 1.29 is 18.8 Å². The molecule has 0 saturated carbocycles. The highest BCUT2D eigenvalue weighted by molar-refractivity contribution is 6.74. The SMILES string of the molecule is COC(=O)[C@@]1([C@@H](C)O[Si](C)(C)C(C)(C)C)CC(c2ccccc2)=NO1. The fourth-order valence-electron chi connectivity index (χ4n) is 2.62. The van der Waals surface area contributed by atoms with Crippen LogP contribution < -0.4 is 0 Å². The van der Waals surface area contributed by atoms with Gasteiger partial charge in [-0.3, -0.25) is 0 Å². The van der Waals surface area contributed by atoms with E-state index < -0.39 is 26.0 Å². The lowest BCUT2D eigenvalue weighted by molar-refractivity contribution is -0.178. The maximum Gasteiger partial charge on any atom is 0.356 e. The number of carbonyl (C=O) groups is 1. The summed E-state index contributed by atoms with van der Waals surface area (Å²) in [7, 11) is -0.713. The molecule has 2 atom stereocenters. The molecule has 6 heteroatoms. The maximum atomic E-state index is 12.6. The van der Waals surface area contributed by atoms with Gasteiger partial charge in [0.2, 0.25) is 0 Å². The minimum atomic E-state index is -2.08. The molecule has 0 aromatic heterocycles. The van der Waals surface area contributed by atoms with Gasteiger partial charge < -0.3 is 14.0 Å². The Morgan fingerprint density at radius 2 is 1.88 bits per heavy atom. The van der Waals surface area contributed by atoms with E-state index in [1.54, 1.807) is 0 Å². The van der Waals surface area contributed by atoms with Crippen LogP contribution in [0.1, 0.15) is 39.7 Å². The average molecular weight is 364 g/mol. The highest BCUT2D eigenvalue weighted by atomic mass is 28.4. The van der Waals surface area contributed by atoms with Gasteiger partial charge in [-0.1, -0.05) is 56.3 Å². The number of methoxy groups -OCH3 is 1. The molecule has 0 N–H and O–H groups in total. The van der Waals surface area contributed by atoms with Crippen LogP contribution in [0.5, 0.6) is 0 Å². The van der Waals surface area contributed by atoms with Gasteiger partial charge in [-0.2, -0.15) is 0 Å². The number of oxime groups is 1. The van der Waals surface area contributed by atoms with Crippen LogP contribution in [0.3, 0.4) is 0 Å². The van der Waals surface area contributed by atoms with Gasteiger partial charge in [-0.25, -0.2) is 4.79 Å². The predicted octanol–water partition coefficient (Wildman–Crippen LogP) is 4.13. The summed E-state index contributed by atoms with van der Waals surface area (Å²) in [5, 5.41) is 4.22. The second kappa shape index (κ2) is 6.92.